The molecule has 0 radical (unpaired) electrons. The van der Waals surface area contributed by atoms with Crippen LogP contribution in [0.25, 0.3) is 21.8 Å². The second-order valence-corrected chi connectivity index (χ2v) is 6.95. The van der Waals surface area contributed by atoms with Gasteiger partial charge in [-0.1, -0.05) is 70.5 Å². The summed E-state index contributed by atoms with van der Waals surface area (Å²) in [7, 11) is 0. The molecule has 2 heteroatoms. The molecule has 118 valence electrons. The summed E-state index contributed by atoms with van der Waals surface area (Å²) in [5.74, 6) is 0.275. The molecule has 1 nitrogen and oxygen atoms in total. The number of nitrogens with zero attached hydrogens (tertiary/aromatic N) is 1. The maximum atomic E-state index is 4.08. The summed E-state index contributed by atoms with van der Waals surface area (Å²) in [5, 5.41) is 2.62. The van der Waals surface area contributed by atoms with E-state index in [0.29, 0.717) is 0 Å². The van der Waals surface area contributed by atoms with Crippen LogP contribution in [0.5, 0.6) is 0 Å². The van der Waals surface area contributed by atoms with Crippen LogP contribution in [-0.4, -0.2) is 4.57 Å². The summed E-state index contributed by atoms with van der Waals surface area (Å²) < 4.78 is 3.52. The molecule has 0 saturated carbocycles. The minimum absolute atomic E-state index is 0.275. The van der Waals surface area contributed by atoms with Gasteiger partial charge < -0.3 is 4.57 Å². The van der Waals surface area contributed by atoms with E-state index in [4.69, 9.17) is 0 Å². The fraction of sp³-hybridized carbons (Fsp3) is 0.0909. The van der Waals surface area contributed by atoms with E-state index in [9.17, 15) is 0 Å². The Morgan fingerprint density at radius 1 is 0.833 bits per heavy atom. The second-order valence-electron chi connectivity index (χ2n) is 6.04. The van der Waals surface area contributed by atoms with Crippen LogP contribution in [0.3, 0.4) is 0 Å². The minimum atomic E-state index is 0.275. The van der Waals surface area contributed by atoms with E-state index in [0.717, 1.165) is 11.0 Å². The van der Waals surface area contributed by atoms with Crippen LogP contribution in [0, 0.1) is 0 Å². The summed E-state index contributed by atoms with van der Waals surface area (Å²) in [5.41, 5.74) is 3.85. The Morgan fingerprint density at radius 3 is 1.92 bits per heavy atom. The lowest BCUT2D eigenvalue weighted by atomic mass is 9.99. The third kappa shape index (κ3) is 2.57. The van der Waals surface area contributed by atoms with E-state index >= 15 is 0 Å². The van der Waals surface area contributed by atoms with Crippen LogP contribution in [0.1, 0.15) is 11.5 Å². The van der Waals surface area contributed by atoms with Crippen LogP contribution < -0.4 is 0 Å². The van der Waals surface area contributed by atoms with E-state index in [1.807, 2.05) is 6.08 Å². The maximum Gasteiger partial charge on any atom is 0.0491 e. The van der Waals surface area contributed by atoms with Crippen molar-refractivity contribution in [2.45, 2.75) is 12.5 Å². The van der Waals surface area contributed by atoms with Crippen molar-refractivity contribution in [1.29, 1.82) is 0 Å². The Kier molecular flexibility index (Phi) is 3.99. The van der Waals surface area contributed by atoms with Gasteiger partial charge >= 0.3 is 0 Å². The van der Waals surface area contributed by atoms with E-state index < -0.39 is 0 Å². The number of rotatable bonds is 4. The van der Waals surface area contributed by atoms with Gasteiger partial charge in [-0.05, 0) is 29.8 Å². The lowest BCUT2D eigenvalue weighted by molar-refractivity contribution is 0.676. The predicted molar refractivity (Wildman–Crippen MR) is 107 cm³/mol. The van der Waals surface area contributed by atoms with Gasteiger partial charge in [-0.15, -0.1) is 6.58 Å². The summed E-state index contributed by atoms with van der Waals surface area (Å²) in [4.78, 5) is 0. The van der Waals surface area contributed by atoms with Crippen molar-refractivity contribution in [2.24, 2.45) is 0 Å². The monoisotopic (exact) mass is 375 g/mol. The molecule has 1 heterocycles. The Labute approximate surface area is 150 Å². The van der Waals surface area contributed by atoms with E-state index in [2.05, 4.69) is 99.9 Å². The van der Waals surface area contributed by atoms with Crippen LogP contribution in [0.15, 0.2) is 89.9 Å². The quantitative estimate of drug-likeness (QED) is 0.357. The molecule has 0 amide bonds. The van der Waals surface area contributed by atoms with E-state index in [1.54, 1.807) is 0 Å². The molecule has 0 N–H and O–H groups in total. The van der Waals surface area contributed by atoms with Crippen molar-refractivity contribution in [1.82, 2.24) is 4.57 Å². The van der Waals surface area contributed by atoms with Crippen molar-refractivity contribution >= 4 is 37.7 Å². The van der Waals surface area contributed by atoms with Gasteiger partial charge in [-0.2, -0.15) is 0 Å². The molecular weight excluding hydrogens is 358 g/mol. The largest absolute Gasteiger partial charge is 0.340 e. The molecule has 0 fully saturated rings. The highest BCUT2D eigenvalue weighted by atomic mass is 79.9. The average Bonchev–Trinajstić information content (AvgIpc) is 2.95. The predicted octanol–water partition coefficient (Wildman–Crippen LogP) is 6.53. The highest BCUT2D eigenvalue weighted by molar-refractivity contribution is 9.10. The summed E-state index contributed by atoms with van der Waals surface area (Å²) >= 11 is 3.51. The Hall–Kier alpha value is -2.32. The third-order valence-electron chi connectivity index (χ3n) is 4.64. The first-order valence-electron chi connectivity index (χ1n) is 8.12. The molecule has 0 aliphatic carbocycles. The van der Waals surface area contributed by atoms with Gasteiger partial charge in [0.1, 0.15) is 0 Å². The molecule has 0 aliphatic heterocycles. The molecule has 4 aromatic rings. The third-order valence-corrected chi connectivity index (χ3v) is 5.17. The van der Waals surface area contributed by atoms with E-state index in [-0.39, 0.29) is 5.92 Å². The number of benzene rings is 3. The lowest BCUT2D eigenvalue weighted by Crippen LogP contribution is -2.07. The number of fused-ring (bicyclic) bond motifs is 3. The molecular formula is C22H18BrN. The standard InChI is InChI=1S/C22H18BrN/c1-2-16(17-11-13-18(23)14-12-17)15-24-21-9-5-3-7-19(21)20-8-4-6-10-22(20)24/h2-14,16H,1,15H2/t16-/m1/s1. The number of allylic oxidation sites excluding steroid dienone is 1. The highest BCUT2D eigenvalue weighted by Crippen LogP contribution is 2.31. The van der Waals surface area contributed by atoms with Gasteiger partial charge in [0, 0.05) is 38.7 Å². The summed E-state index contributed by atoms with van der Waals surface area (Å²) in [6, 6.07) is 25.8. The molecule has 0 bridgehead atoms. The number of para-hydroxylation sites is 2. The van der Waals surface area contributed by atoms with Crippen LogP contribution >= 0.6 is 15.9 Å². The first-order valence-corrected chi connectivity index (χ1v) is 8.91. The number of halogens is 1. The van der Waals surface area contributed by atoms with Gasteiger partial charge in [0.2, 0.25) is 0 Å². The molecule has 1 atom stereocenters. The highest BCUT2D eigenvalue weighted by Gasteiger charge is 2.14. The van der Waals surface area contributed by atoms with Crippen LogP contribution in [-0.2, 0) is 6.54 Å². The first kappa shape index (κ1) is 15.2. The molecule has 24 heavy (non-hydrogen) atoms. The second kappa shape index (κ2) is 6.29. The summed E-state index contributed by atoms with van der Waals surface area (Å²) in [6.07, 6.45) is 2.05. The van der Waals surface area contributed by atoms with Gasteiger partial charge in [-0.25, -0.2) is 0 Å². The van der Waals surface area contributed by atoms with Crippen molar-refractivity contribution < 1.29 is 0 Å². The maximum absolute atomic E-state index is 4.08. The Balaban J connectivity index is 1.85. The topological polar surface area (TPSA) is 4.93 Å². The molecule has 4 rings (SSSR count). The fourth-order valence-electron chi connectivity index (χ4n) is 3.42. The van der Waals surface area contributed by atoms with Gasteiger partial charge in [-0.3, -0.25) is 0 Å². The zero-order valence-corrected chi connectivity index (χ0v) is 14.9. The van der Waals surface area contributed by atoms with Crippen molar-refractivity contribution in [2.75, 3.05) is 0 Å². The summed E-state index contributed by atoms with van der Waals surface area (Å²) in [6.45, 7) is 4.96. The van der Waals surface area contributed by atoms with Gasteiger partial charge in [0.25, 0.3) is 0 Å². The number of hydrogen-bond acceptors (Lipinski definition) is 0. The van der Waals surface area contributed by atoms with Crippen molar-refractivity contribution in [3.63, 3.8) is 0 Å². The van der Waals surface area contributed by atoms with Crippen molar-refractivity contribution in [3.05, 3.63) is 95.5 Å². The van der Waals surface area contributed by atoms with Crippen LogP contribution in [0.2, 0.25) is 0 Å². The van der Waals surface area contributed by atoms with Gasteiger partial charge in [0.05, 0.1) is 0 Å². The smallest absolute Gasteiger partial charge is 0.0491 e. The number of aromatic nitrogens is 1. The Morgan fingerprint density at radius 2 is 1.38 bits per heavy atom. The molecule has 0 spiro atoms. The zero-order chi connectivity index (χ0) is 16.5. The lowest BCUT2D eigenvalue weighted by Gasteiger charge is -2.16. The first-order chi connectivity index (χ1) is 11.8. The van der Waals surface area contributed by atoms with Gasteiger partial charge in [0.15, 0.2) is 0 Å². The molecule has 0 aliphatic rings. The van der Waals surface area contributed by atoms with Crippen molar-refractivity contribution in [3.8, 4) is 0 Å². The molecule has 0 saturated heterocycles. The van der Waals surface area contributed by atoms with E-state index in [1.165, 1.54) is 27.4 Å². The SMILES string of the molecule is C=C[C@H](Cn1c2ccccc2c2ccccc21)c1ccc(Br)cc1. The number of hydrogen-bond donors (Lipinski definition) is 0. The normalized spacial score (nSPS) is 12.5. The molecule has 3 aromatic carbocycles. The average molecular weight is 376 g/mol. The zero-order valence-electron chi connectivity index (χ0n) is 13.3. The Bertz CT molecular complexity index is 958. The molecule has 1 aromatic heterocycles. The molecule has 0 unspecified atom stereocenters. The van der Waals surface area contributed by atoms with Crippen LogP contribution in [0.4, 0.5) is 0 Å². The fourth-order valence-corrected chi connectivity index (χ4v) is 3.69. The minimum Gasteiger partial charge on any atom is -0.340 e.